The molecule has 0 N–H and O–H groups in total. The number of hydrogen-bond donors (Lipinski definition) is 0. The van der Waals surface area contributed by atoms with Crippen molar-refractivity contribution in [3.63, 3.8) is 0 Å². The van der Waals surface area contributed by atoms with E-state index in [1.165, 1.54) is 6.21 Å². The van der Waals surface area contributed by atoms with Gasteiger partial charge in [-0.05, 0) is 31.5 Å². The van der Waals surface area contributed by atoms with Crippen molar-refractivity contribution >= 4 is 23.5 Å². The Labute approximate surface area is 129 Å². The summed E-state index contributed by atoms with van der Waals surface area (Å²) in [6.45, 7) is 4.58. The zero-order valence-corrected chi connectivity index (χ0v) is 12.6. The van der Waals surface area contributed by atoms with Crippen LogP contribution < -0.4 is 4.90 Å². The molecular weight excluding hydrogens is 278 g/mol. The van der Waals surface area contributed by atoms with Crippen LogP contribution in [0.3, 0.4) is 0 Å². The number of carbonyl (C=O) groups is 1. The quantitative estimate of drug-likeness (QED) is 0.642. The predicted molar refractivity (Wildman–Crippen MR) is 86.7 cm³/mol. The average molecular weight is 295 g/mol. The van der Waals surface area contributed by atoms with Crippen LogP contribution in [0.1, 0.15) is 30.4 Å². The predicted octanol–water partition coefficient (Wildman–Crippen LogP) is 3.17. The maximum Gasteiger partial charge on any atom is 0.279 e. The SMILES string of the molecule is CCCN1C(=O)/C(=N/N=C\c2ccc(C)o2)c2ccccc21. The molecular formula is C17H17N3O2. The monoisotopic (exact) mass is 295 g/mol. The van der Waals surface area contributed by atoms with Gasteiger partial charge in [0.2, 0.25) is 0 Å². The summed E-state index contributed by atoms with van der Waals surface area (Å²) < 4.78 is 5.39. The van der Waals surface area contributed by atoms with Gasteiger partial charge in [-0.25, -0.2) is 0 Å². The minimum Gasteiger partial charge on any atom is -0.460 e. The Morgan fingerprint density at radius 2 is 2.05 bits per heavy atom. The van der Waals surface area contributed by atoms with Crippen LogP contribution >= 0.6 is 0 Å². The number of furan rings is 1. The number of hydrogen-bond acceptors (Lipinski definition) is 4. The van der Waals surface area contributed by atoms with Crippen LogP contribution in [0.5, 0.6) is 0 Å². The molecule has 0 radical (unpaired) electrons. The van der Waals surface area contributed by atoms with Gasteiger partial charge < -0.3 is 9.32 Å². The summed E-state index contributed by atoms with van der Waals surface area (Å²) in [6.07, 6.45) is 2.40. The van der Waals surface area contributed by atoms with E-state index < -0.39 is 0 Å². The molecule has 22 heavy (non-hydrogen) atoms. The molecule has 3 rings (SSSR count). The molecule has 1 aromatic heterocycles. The van der Waals surface area contributed by atoms with E-state index in [9.17, 15) is 4.79 Å². The molecule has 0 atom stereocenters. The third kappa shape index (κ3) is 2.57. The molecule has 1 aliphatic rings. The topological polar surface area (TPSA) is 58.2 Å². The molecule has 1 amide bonds. The van der Waals surface area contributed by atoms with Gasteiger partial charge in [0.25, 0.3) is 5.91 Å². The number of anilines is 1. The smallest absolute Gasteiger partial charge is 0.279 e. The molecule has 0 saturated heterocycles. The lowest BCUT2D eigenvalue weighted by Gasteiger charge is -2.14. The zero-order chi connectivity index (χ0) is 15.5. The Kier molecular flexibility index (Phi) is 3.87. The Morgan fingerprint density at radius 1 is 1.23 bits per heavy atom. The van der Waals surface area contributed by atoms with Gasteiger partial charge >= 0.3 is 0 Å². The first-order valence-electron chi connectivity index (χ1n) is 7.29. The van der Waals surface area contributed by atoms with Crippen LogP contribution in [-0.4, -0.2) is 24.4 Å². The van der Waals surface area contributed by atoms with Crippen molar-refractivity contribution in [2.24, 2.45) is 10.2 Å². The highest BCUT2D eigenvalue weighted by atomic mass is 16.3. The largest absolute Gasteiger partial charge is 0.460 e. The van der Waals surface area contributed by atoms with E-state index in [0.717, 1.165) is 23.4 Å². The highest BCUT2D eigenvalue weighted by Gasteiger charge is 2.33. The van der Waals surface area contributed by atoms with Crippen molar-refractivity contribution < 1.29 is 9.21 Å². The molecule has 0 spiro atoms. The van der Waals surface area contributed by atoms with Crippen LogP contribution in [0.15, 0.2) is 51.0 Å². The maximum absolute atomic E-state index is 12.5. The second-order valence-electron chi connectivity index (χ2n) is 5.12. The normalized spacial score (nSPS) is 16.0. The summed E-state index contributed by atoms with van der Waals surface area (Å²) in [5.74, 6) is 1.33. The van der Waals surface area contributed by atoms with Gasteiger partial charge in [0.05, 0.1) is 11.9 Å². The van der Waals surface area contributed by atoms with Crippen LogP contribution in [0.2, 0.25) is 0 Å². The van der Waals surface area contributed by atoms with Crippen molar-refractivity contribution in [1.82, 2.24) is 0 Å². The van der Waals surface area contributed by atoms with Gasteiger partial charge in [-0.3, -0.25) is 4.79 Å². The van der Waals surface area contributed by atoms with E-state index in [0.29, 0.717) is 18.0 Å². The fraction of sp³-hybridized carbons (Fsp3) is 0.235. The Balaban J connectivity index is 1.91. The molecule has 5 nitrogen and oxygen atoms in total. The second-order valence-corrected chi connectivity index (χ2v) is 5.12. The lowest BCUT2D eigenvalue weighted by atomic mass is 10.1. The molecule has 0 bridgehead atoms. The third-order valence-corrected chi connectivity index (χ3v) is 3.45. The van der Waals surface area contributed by atoms with Crippen molar-refractivity contribution in [2.75, 3.05) is 11.4 Å². The lowest BCUT2D eigenvalue weighted by Crippen LogP contribution is -2.30. The molecule has 2 aromatic rings. The van der Waals surface area contributed by atoms with Gasteiger partial charge in [0, 0.05) is 12.1 Å². The first kappa shape index (κ1) is 14.3. The number of fused-ring (bicyclic) bond motifs is 1. The zero-order valence-electron chi connectivity index (χ0n) is 12.6. The van der Waals surface area contributed by atoms with Gasteiger partial charge in [0.15, 0.2) is 5.71 Å². The highest BCUT2D eigenvalue weighted by Crippen LogP contribution is 2.29. The van der Waals surface area contributed by atoms with Crippen molar-refractivity contribution in [2.45, 2.75) is 20.3 Å². The van der Waals surface area contributed by atoms with Crippen LogP contribution in [0.4, 0.5) is 5.69 Å². The first-order chi connectivity index (χ1) is 10.7. The lowest BCUT2D eigenvalue weighted by molar-refractivity contribution is -0.112. The number of carbonyl (C=O) groups excluding carboxylic acids is 1. The summed E-state index contributed by atoms with van der Waals surface area (Å²) >= 11 is 0. The fourth-order valence-corrected chi connectivity index (χ4v) is 2.47. The Morgan fingerprint density at radius 3 is 2.77 bits per heavy atom. The van der Waals surface area contributed by atoms with Crippen molar-refractivity contribution in [3.8, 4) is 0 Å². The van der Waals surface area contributed by atoms with E-state index in [1.807, 2.05) is 50.2 Å². The Bertz CT molecular complexity index is 759. The minimum absolute atomic E-state index is 0.101. The summed E-state index contributed by atoms with van der Waals surface area (Å²) in [5, 5.41) is 8.12. The summed E-state index contributed by atoms with van der Waals surface area (Å²) in [7, 11) is 0. The summed E-state index contributed by atoms with van der Waals surface area (Å²) in [5.41, 5.74) is 2.11. The van der Waals surface area contributed by atoms with E-state index in [-0.39, 0.29) is 5.91 Å². The molecule has 0 fully saturated rings. The van der Waals surface area contributed by atoms with E-state index in [4.69, 9.17) is 4.42 Å². The minimum atomic E-state index is -0.101. The Hall–Kier alpha value is -2.69. The van der Waals surface area contributed by atoms with Gasteiger partial charge in [-0.2, -0.15) is 5.10 Å². The molecule has 0 aliphatic carbocycles. The molecule has 0 unspecified atom stereocenters. The van der Waals surface area contributed by atoms with Crippen LogP contribution in [0.25, 0.3) is 0 Å². The van der Waals surface area contributed by atoms with Crippen molar-refractivity contribution in [3.05, 3.63) is 53.5 Å². The average Bonchev–Trinajstić information content (AvgIpc) is 3.04. The molecule has 5 heteroatoms. The van der Waals surface area contributed by atoms with Crippen LogP contribution in [0, 0.1) is 6.92 Å². The maximum atomic E-state index is 12.5. The van der Waals surface area contributed by atoms with Crippen LogP contribution in [-0.2, 0) is 4.79 Å². The highest BCUT2D eigenvalue weighted by molar-refractivity contribution is 6.54. The van der Waals surface area contributed by atoms with Crippen molar-refractivity contribution in [1.29, 1.82) is 0 Å². The molecule has 2 heterocycles. The molecule has 1 aliphatic heterocycles. The second kappa shape index (κ2) is 5.97. The van der Waals surface area contributed by atoms with Gasteiger partial charge in [-0.1, -0.05) is 25.1 Å². The molecule has 1 aromatic carbocycles. The van der Waals surface area contributed by atoms with E-state index in [2.05, 4.69) is 10.2 Å². The van der Waals surface area contributed by atoms with E-state index in [1.54, 1.807) is 4.90 Å². The fourth-order valence-electron chi connectivity index (χ4n) is 2.47. The third-order valence-electron chi connectivity index (χ3n) is 3.45. The summed E-state index contributed by atoms with van der Waals surface area (Å²) in [4.78, 5) is 14.2. The van der Waals surface area contributed by atoms with E-state index >= 15 is 0 Å². The van der Waals surface area contributed by atoms with Gasteiger partial charge in [0.1, 0.15) is 11.5 Å². The molecule has 112 valence electrons. The molecule has 0 saturated carbocycles. The number of nitrogens with zero attached hydrogens (tertiary/aromatic N) is 3. The number of rotatable bonds is 4. The number of para-hydroxylation sites is 1. The number of aryl methyl sites for hydroxylation is 1. The number of benzene rings is 1. The first-order valence-corrected chi connectivity index (χ1v) is 7.29. The standard InChI is InChI=1S/C17H17N3O2/c1-3-10-20-15-7-5-4-6-14(15)16(17(20)21)19-18-11-13-9-8-12(2)22-13/h4-9,11H,3,10H2,1-2H3/b18-11-,19-16+. The number of amides is 1. The summed E-state index contributed by atoms with van der Waals surface area (Å²) in [6, 6.07) is 11.3. The van der Waals surface area contributed by atoms with Gasteiger partial charge in [-0.15, -0.1) is 5.10 Å².